The Morgan fingerprint density at radius 2 is 1.68 bits per heavy atom. The van der Waals surface area contributed by atoms with Crippen molar-refractivity contribution in [3.8, 4) is 5.75 Å². The number of piperazine rings is 1. The summed E-state index contributed by atoms with van der Waals surface area (Å²) in [6.45, 7) is 3.55. The number of benzene rings is 2. The number of para-hydroxylation sites is 1. The average Bonchev–Trinajstić information content (AvgIpc) is 3.16. The molecule has 0 saturated carbocycles. The van der Waals surface area contributed by atoms with Crippen LogP contribution in [0.3, 0.4) is 0 Å². The lowest BCUT2D eigenvalue weighted by Gasteiger charge is -2.35. The zero-order chi connectivity index (χ0) is 19.5. The van der Waals surface area contributed by atoms with E-state index in [2.05, 4.69) is 17.0 Å². The molecule has 2 aromatic carbocycles. The lowest BCUT2D eigenvalue weighted by molar-refractivity contribution is -0.131. The minimum atomic E-state index is -0.0144. The maximum absolute atomic E-state index is 12.8. The number of hydrogen-bond acceptors (Lipinski definition) is 4. The highest BCUT2D eigenvalue weighted by Crippen LogP contribution is 2.27. The maximum Gasteiger partial charge on any atom is 0.254 e. The molecule has 0 aromatic heterocycles. The summed E-state index contributed by atoms with van der Waals surface area (Å²) in [6.07, 6.45) is 0.992. The smallest absolute Gasteiger partial charge is 0.254 e. The Morgan fingerprint density at radius 1 is 0.929 bits per heavy atom. The molecule has 2 aliphatic heterocycles. The summed E-state index contributed by atoms with van der Waals surface area (Å²) in [6, 6.07) is 15.5. The Bertz CT molecular complexity index is 875. The summed E-state index contributed by atoms with van der Waals surface area (Å²) in [5, 5.41) is 0. The van der Waals surface area contributed by atoms with Crippen molar-refractivity contribution < 1.29 is 14.3 Å². The van der Waals surface area contributed by atoms with Crippen LogP contribution in [0.4, 0.5) is 5.69 Å². The van der Waals surface area contributed by atoms with Crippen LogP contribution in [0.5, 0.6) is 5.75 Å². The number of carbonyl (C=O) groups is 2. The molecule has 2 aromatic rings. The fourth-order valence-corrected chi connectivity index (χ4v) is 3.93. The van der Waals surface area contributed by atoms with Gasteiger partial charge in [-0.2, -0.15) is 0 Å². The van der Waals surface area contributed by atoms with Crippen LogP contribution in [0.15, 0.2) is 48.5 Å². The number of nitrogens with zero attached hydrogens (tertiary/aromatic N) is 3. The average molecular weight is 379 g/mol. The number of ether oxygens (including phenoxy) is 1. The zero-order valence-electron chi connectivity index (χ0n) is 16.1. The molecule has 0 N–H and O–H groups in total. The van der Waals surface area contributed by atoms with Gasteiger partial charge in [0.25, 0.3) is 5.91 Å². The second-order valence-electron chi connectivity index (χ2n) is 7.21. The third-order valence-electron chi connectivity index (χ3n) is 5.55. The van der Waals surface area contributed by atoms with Crippen molar-refractivity contribution in [2.75, 3.05) is 51.3 Å². The number of amides is 2. The highest BCUT2D eigenvalue weighted by molar-refractivity contribution is 5.95. The fraction of sp³-hybridized carbons (Fsp3) is 0.364. The summed E-state index contributed by atoms with van der Waals surface area (Å²) in [5.41, 5.74) is 3.10. The second kappa shape index (κ2) is 7.92. The van der Waals surface area contributed by atoms with Crippen molar-refractivity contribution in [1.82, 2.24) is 9.80 Å². The first-order chi connectivity index (χ1) is 13.7. The third-order valence-corrected chi connectivity index (χ3v) is 5.55. The second-order valence-corrected chi connectivity index (χ2v) is 7.21. The standard InChI is InChI=1S/C22H25N3O3/c1-28-19-7-4-6-18(15-19)22(27)24-13-11-23(12-14-24)21(26)16-25-10-9-17-5-2-3-8-20(17)25/h2-8,15H,9-14,16H2,1H3. The van der Waals surface area contributed by atoms with E-state index in [-0.39, 0.29) is 11.8 Å². The molecular weight excluding hydrogens is 354 g/mol. The van der Waals surface area contributed by atoms with Crippen molar-refractivity contribution in [3.05, 3.63) is 59.7 Å². The first kappa shape index (κ1) is 18.3. The van der Waals surface area contributed by atoms with E-state index in [0.717, 1.165) is 13.0 Å². The zero-order valence-corrected chi connectivity index (χ0v) is 16.1. The van der Waals surface area contributed by atoms with Gasteiger partial charge in [0.15, 0.2) is 0 Å². The number of carbonyl (C=O) groups excluding carboxylic acids is 2. The SMILES string of the molecule is COc1cccc(C(=O)N2CCN(C(=O)CN3CCc4ccccc43)CC2)c1. The first-order valence-electron chi connectivity index (χ1n) is 9.69. The minimum Gasteiger partial charge on any atom is -0.497 e. The molecule has 0 spiro atoms. The Morgan fingerprint density at radius 3 is 2.46 bits per heavy atom. The van der Waals surface area contributed by atoms with Crippen molar-refractivity contribution in [1.29, 1.82) is 0 Å². The minimum absolute atomic E-state index is 0.0144. The van der Waals surface area contributed by atoms with E-state index < -0.39 is 0 Å². The molecule has 0 aliphatic carbocycles. The lowest BCUT2D eigenvalue weighted by atomic mass is 10.1. The summed E-state index contributed by atoms with van der Waals surface area (Å²) >= 11 is 0. The van der Waals surface area contributed by atoms with Crippen LogP contribution in [0.2, 0.25) is 0 Å². The molecule has 28 heavy (non-hydrogen) atoms. The quantitative estimate of drug-likeness (QED) is 0.816. The molecule has 4 rings (SSSR count). The van der Waals surface area contributed by atoms with Gasteiger partial charge in [-0.15, -0.1) is 0 Å². The number of methoxy groups -OCH3 is 1. The lowest BCUT2D eigenvalue weighted by Crippen LogP contribution is -2.52. The molecule has 2 aliphatic rings. The van der Waals surface area contributed by atoms with E-state index in [1.165, 1.54) is 11.3 Å². The molecule has 6 heteroatoms. The van der Waals surface area contributed by atoms with Crippen molar-refractivity contribution >= 4 is 17.5 Å². The van der Waals surface area contributed by atoms with Crippen molar-refractivity contribution in [3.63, 3.8) is 0 Å². The van der Waals surface area contributed by atoms with Crippen LogP contribution in [-0.4, -0.2) is 68.0 Å². The summed E-state index contributed by atoms with van der Waals surface area (Å²) in [7, 11) is 1.59. The van der Waals surface area contributed by atoms with Crippen molar-refractivity contribution in [2.45, 2.75) is 6.42 Å². The van der Waals surface area contributed by atoms with Gasteiger partial charge in [-0.1, -0.05) is 24.3 Å². The van der Waals surface area contributed by atoms with E-state index in [9.17, 15) is 9.59 Å². The van der Waals surface area contributed by atoms with Gasteiger partial charge in [0.05, 0.1) is 13.7 Å². The highest BCUT2D eigenvalue weighted by Gasteiger charge is 2.27. The highest BCUT2D eigenvalue weighted by atomic mass is 16.5. The fourth-order valence-electron chi connectivity index (χ4n) is 3.93. The monoisotopic (exact) mass is 379 g/mol. The van der Waals surface area contributed by atoms with Crippen LogP contribution >= 0.6 is 0 Å². The molecule has 0 atom stereocenters. The van der Waals surface area contributed by atoms with E-state index in [1.807, 2.05) is 34.1 Å². The maximum atomic E-state index is 12.8. The third kappa shape index (κ3) is 3.67. The molecule has 2 amide bonds. The van der Waals surface area contributed by atoms with Gasteiger partial charge in [-0.3, -0.25) is 9.59 Å². The van der Waals surface area contributed by atoms with Gasteiger partial charge in [-0.05, 0) is 36.2 Å². The largest absolute Gasteiger partial charge is 0.497 e. The van der Waals surface area contributed by atoms with E-state index in [0.29, 0.717) is 44.0 Å². The Kier molecular flexibility index (Phi) is 5.19. The Hall–Kier alpha value is -3.02. The number of rotatable bonds is 4. The topological polar surface area (TPSA) is 53.1 Å². The van der Waals surface area contributed by atoms with Gasteiger partial charge < -0.3 is 19.4 Å². The van der Waals surface area contributed by atoms with E-state index in [1.54, 1.807) is 19.2 Å². The van der Waals surface area contributed by atoms with Gasteiger partial charge in [-0.25, -0.2) is 0 Å². The van der Waals surface area contributed by atoms with Gasteiger partial charge in [0, 0.05) is 44.0 Å². The Balaban J connectivity index is 1.32. The van der Waals surface area contributed by atoms with Crippen LogP contribution in [-0.2, 0) is 11.2 Å². The molecular formula is C22H25N3O3. The van der Waals surface area contributed by atoms with Crippen LogP contribution in [0.25, 0.3) is 0 Å². The van der Waals surface area contributed by atoms with E-state index in [4.69, 9.17) is 4.74 Å². The van der Waals surface area contributed by atoms with Gasteiger partial charge in [0.1, 0.15) is 5.75 Å². The predicted octanol–water partition coefficient (Wildman–Crippen LogP) is 2.04. The summed E-state index contributed by atoms with van der Waals surface area (Å²) < 4.78 is 5.20. The number of anilines is 1. The van der Waals surface area contributed by atoms with Gasteiger partial charge in [0.2, 0.25) is 5.91 Å². The molecule has 0 unspecified atom stereocenters. The molecule has 1 fully saturated rings. The molecule has 1 saturated heterocycles. The number of fused-ring (bicyclic) bond motifs is 1. The number of hydrogen-bond donors (Lipinski definition) is 0. The van der Waals surface area contributed by atoms with Crippen LogP contribution in [0, 0.1) is 0 Å². The molecule has 6 nitrogen and oxygen atoms in total. The van der Waals surface area contributed by atoms with Crippen LogP contribution < -0.4 is 9.64 Å². The molecule has 146 valence electrons. The Labute approximate surface area is 165 Å². The normalized spacial score (nSPS) is 16.1. The summed E-state index contributed by atoms with van der Waals surface area (Å²) in [4.78, 5) is 31.3. The molecule has 2 heterocycles. The molecule has 0 bridgehead atoms. The van der Waals surface area contributed by atoms with Crippen molar-refractivity contribution in [2.24, 2.45) is 0 Å². The van der Waals surface area contributed by atoms with Gasteiger partial charge >= 0.3 is 0 Å². The molecule has 0 radical (unpaired) electrons. The summed E-state index contributed by atoms with van der Waals surface area (Å²) in [5.74, 6) is 0.787. The predicted molar refractivity (Wildman–Crippen MR) is 108 cm³/mol. The van der Waals surface area contributed by atoms with E-state index >= 15 is 0 Å². The van der Waals surface area contributed by atoms with Crippen LogP contribution in [0.1, 0.15) is 15.9 Å². The first-order valence-corrected chi connectivity index (χ1v) is 9.69.